The van der Waals surface area contributed by atoms with Gasteiger partial charge in [-0.25, -0.2) is 12.8 Å². The lowest BCUT2D eigenvalue weighted by molar-refractivity contribution is -0.118. The fraction of sp³-hybridized carbons (Fsp3) is 0.462. The zero-order valence-corrected chi connectivity index (χ0v) is 12.9. The lowest BCUT2D eigenvalue weighted by atomic mass is 10.2. The lowest BCUT2D eigenvalue weighted by Crippen LogP contribution is -2.39. The number of halogens is 1. The summed E-state index contributed by atoms with van der Waals surface area (Å²) in [5.74, 6) is -1.43. The van der Waals surface area contributed by atoms with Crippen LogP contribution >= 0.6 is 0 Å². The molecule has 0 aromatic heterocycles. The third-order valence-electron chi connectivity index (χ3n) is 3.01. The molecule has 0 aliphatic heterocycles. The van der Waals surface area contributed by atoms with Crippen molar-refractivity contribution in [2.24, 2.45) is 5.73 Å². The highest BCUT2D eigenvalue weighted by atomic mass is 32.2. The Morgan fingerprint density at radius 1 is 1.38 bits per heavy atom. The van der Waals surface area contributed by atoms with Gasteiger partial charge >= 0.3 is 0 Å². The molecule has 1 rings (SSSR count). The van der Waals surface area contributed by atoms with E-state index < -0.39 is 28.3 Å². The summed E-state index contributed by atoms with van der Waals surface area (Å²) in [5, 5.41) is 0. The van der Waals surface area contributed by atoms with Gasteiger partial charge in [0.25, 0.3) is 0 Å². The lowest BCUT2D eigenvalue weighted by Gasteiger charge is -2.22. The first-order valence-electron chi connectivity index (χ1n) is 6.54. The van der Waals surface area contributed by atoms with E-state index in [1.54, 1.807) is 0 Å². The quantitative estimate of drug-likeness (QED) is 0.731. The molecule has 8 heteroatoms. The number of amides is 1. The van der Waals surface area contributed by atoms with E-state index in [-0.39, 0.29) is 22.7 Å². The van der Waals surface area contributed by atoms with Gasteiger partial charge in [0.1, 0.15) is 5.82 Å². The molecular formula is C13H20FN3O3S. The van der Waals surface area contributed by atoms with Gasteiger partial charge in [0, 0.05) is 6.54 Å². The van der Waals surface area contributed by atoms with Crippen molar-refractivity contribution in [2.45, 2.75) is 31.6 Å². The van der Waals surface area contributed by atoms with Crippen molar-refractivity contribution in [3.8, 4) is 0 Å². The van der Waals surface area contributed by atoms with Crippen LogP contribution in [-0.4, -0.2) is 31.7 Å². The van der Waals surface area contributed by atoms with Gasteiger partial charge in [0.2, 0.25) is 15.9 Å². The van der Waals surface area contributed by atoms with Gasteiger partial charge in [-0.3, -0.25) is 4.79 Å². The fourth-order valence-electron chi connectivity index (χ4n) is 1.88. The number of aryl methyl sites for hydroxylation is 1. The van der Waals surface area contributed by atoms with Gasteiger partial charge in [0.05, 0.1) is 17.1 Å². The Morgan fingerprint density at radius 3 is 2.52 bits per heavy atom. The van der Waals surface area contributed by atoms with Crippen molar-refractivity contribution in [2.75, 3.05) is 18.8 Å². The molecule has 1 aromatic carbocycles. The topological polar surface area (TPSA) is 106 Å². The van der Waals surface area contributed by atoms with Crippen LogP contribution in [0.3, 0.4) is 0 Å². The molecule has 0 saturated heterocycles. The highest BCUT2D eigenvalue weighted by molar-refractivity contribution is 7.89. The second kappa shape index (κ2) is 6.86. The number of nitrogen functional groups attached to an aromatic ring is 1. The Morgan fingerprint density at radius 2 is 2.00 bits per heavy atom. The van der Waals surface area contributed by atoms with Crippen molar-refractivity contribution in [1.82, 2.24) is 4.31 Å². The number of nitrogens with zero attached hydrogens (tertiary/aromatic N) is 1. The minimum atomic E-state index is -3.95. The largest absolute Gasteiger partial charge is 0.396 e. The fourth-order valence-corrected chi connectivity index (χ4v) is 3.56. The molecule has 0 heterocycles. The predicted octanol–water partition coefficient (Wildman–Crippen LogP) is 0.992. The number of benzene rings is 1. The molecule has 21 heavy (non-hydrogen) atoms. The number of sulfonamides is 1. The Balaban J connectivity index is 3.27. The molecule has 0 bridgehead atoms. The highest BCUT2D eigenvalue weighted by Gasteiger charge is 2.27. The number of hydrogen-bond donors (Lipinski definition) is 2. The molecule has 4 N–H and O–H groups in total. The minimum absolute atomic E-state index is 0.112. The number of carbonyl (C=O) groups excluding carboxylic acids is 1. The van der Waals surface area contributed by atoms with E-state index >= 15 is 0 Å². The summed E-state index contributed by atoms with van der Waals surface area (Å²) in [5.41, 5.74) is 10.5. The molecule has 0 fully saturated rings. The number of primary amides is 1. The molecule has 6 nitrogen and oxygen atoms in total. The first-order valence-corrected chi connectivity index (χ1v) is 7.98. The van der Waals surface area contributed by atoms with Gasteiger partial charge in [-0.05, 0) is 31.0 Å². The van der Waals surface area contributed by atoms with Crippen LogP contribution in [0.25, 0.3) is 0 Å². The van der Waals surface area contributed by atoms with E-state index in [0.717, 1.165) is 22.9 Å². The smallest absolute Gasteiger partial charge is 0.243 e. The van der Waals surface area contributed by atoms with Crippen LogP contribution in [0.4, 0.5) is 10.1 Å². The molecule has 0 unspecified atom stereocenters. The second-order valence-electron chi connectivity index (χ2n) is 4.80. The third-order valence-corrected chi connectivity index (χ3v) is 4.99. The number of carbonyl (C=O) groups is 1. The summed E-state index contributed by atoms with van der Waals surface area (Å²) in [6, 6.07) is 2.13. The average molecular weight is 317 g/mol. The summed E-state index contributed by atoms with van der Waals surface area (Å²) >= 11 is 0. The van der Waals surface area contributed by atoms with Crippen LogP contribution in [0.5, 0.6) is 0 Å². The zero-order chi connectivity index (χ0) is 16.2. The minimum Gasteiger partial charge on any atom is -0.396 e. The van der Waals surface area contributed by atoms with Crippen LogP contribution in [0.1, 0.15) is 25.3 Å². The predicted molar refractivity (Wildman–Crippen MR) is 78.4 cm³/mol. The van der Waals surface area contributed by atoms with Gasteiger partial charge in [-0.1, -0.05) is 13.3 Å². The number of nitrogens with two attached hydrogens (primary N) is 2. The van der Waals surface area contributed by atoms with Crippen molar-refractivity contribution in [3.05, 3.63) is 23.5 Å². The number of anilines is 1. The van der Waals surface area contributed by atoms with Crippen LogP contribution in [0.15, 0.2) is 17.0 Å². The molecule has 0 spiro atoms. The van der Waals surface area contributed by atoms with E-state index in [0.29, 0.717) is 6.42 Å². The monoisotopic (exact) mass is 317 g/mol. The molecular weight excluding hydrogens is 297 g/mol. The molecule has 0 atom stereocenters. The first kappa shape index (κ1) is 17.4. The summed E-state index contributed by atoms with van der Waals surface area (Å²) in [6.07, 6.45) is 1.34. The molecule has 1 aromatic rings. The molecule has 0 saturated carbocycles. The van der Waals surface area contributed by atoms with Crippen LogP contribution in [0.2, 0.25) is 0 Å². The Labute approximate surface area is 124 Å². The van der Waals surface area contributed by atoms with E-state index in [2.05, 4.69) is 0 Å². The summed E-state index contributed by atoms with van der Waals surface area (Å²) in [7, 11) is -3.95. The molecule has 1 amide bonds. The summed E-state index contributed by atoms with van der Waals surface area (Å²) in [4.78, 5) is 11.0. The van der Waals surface area contributed by atoms with Gasteiger partial charge in [0.15, 0.2) is 0 Å². The van der Waals surface area contributed by atoms with Gasteiger partial charge < -0.3 is 11.5 Å². The summed E-state index contributed by atoms with van der Waals surface area (Å²) < 4.78 is 39.5. The molecule has 0 aliphatic carbocycles. The molecule has 0 radical (unpaired) electrons. The Bertz CT molecular complexity index is 632. The highest BCUT2D eigenvalue weighted by Crippen LogP contribution is 2.24. The van der Waals surface area contributed by atoms with Gasteiger partial charge in [-0.2, -0.15) is 4.31 Å². The van der Waals surface area contributed by atoms with E-state index in [1.165, 1.54) is 6.92 Å². The SMILES string of the molecule is CCCCN(CC(N)=O)S(=O)(=O)c1cc(N)c(F)cc1C. The van der Waals surface area contributed by atoms with Crippen molar-refractivity contribution >= 4 is 21.6 Å². The van der Waals surface area contributed by atoms with E-state index in [9.17, 15) is 17.6 Å². The van der Waals surface area contributed by atoms with Crippen molar-refractivity contribution in [1.29, 1.82) is 0 Å². The number of rotatable bonds is 7. The summed E-state index contributed by atoms with van der Waals surface area (Å²) in [6.45, 7) is 3.12. The molecule has 118 valence electrons. The maximum Gasteiger partial charge on any atom is 0.243 e. The van der Waals surface area contributed by atoms with Crippen molar-refractivity contribution in [3.63, 3.8) is 0 Å². The number of unbranched alkanes of at least 4 members (excludes halogenated alkanes) is 1. The number of hydrogen-bond acceptors (Lipinski definition) is 4. The van der Waals surface area contributed by atoms with Crippen LogP contribution < -0.4 is 11.5 Å². The van der Waals surface area contributed by atoms with E-state index in [4.69, 9.17) is 11.5 Å². The Hall–Kier alpha value is -1.67. The standard InChI is InChI=1S/C13H20FN3O3S/c1-3-4-5-17(8-13(16)18)21(19,20)12-7-11(15)10(14)6-9(12)2/h6-7H,3-5,8,15H2,1-2H3,(H2,16,18). The Kier molecular flexibility index (Phi) is 5.68. The van der Waals surface area contributed by atoms with Crippen molar-refractivity contribution < 1.29 is 17.6 Å². The first-order chi connectivity index (χ1) is 9.70. The second-order valence-corrected chi connectivity index (χ2v) is 6.70. The maximum atomic E-state index is 13.4. The average Bonchev–Trinajstić information content (AvgIpc) is 2.38. The zero-order valence-electron chi connectivity index (χ0n) is 12.1. The maximum absolute atomic E-state index is 13.4. The van der Waals surface area contributed by atoms with Gasteiger partial charge in [-0.15, -0.1) is 0 Å². The van der Waals surface area contributed by atoms with E-state index in [1.807, 2.05) is 6.92 Å². The molecule has 0 aliphatic rings. The third kappa shape index (κ3) is 4.15. The van der Waals surface area contributed by atoms with Crippen LogP contribution in [-0.2, 0) is 14.8 Å². The van der Waals surface area contributed by atoms with Crippen LogP contribution in [0, 0.1) is 12.7 Å². The normalized spacial score (nSPS) is 11.8.